The van der Waals surface area contributed by atoms with Crippen molar-refractivity contribution in [2.75, 3.05) is 14.2 Å². The molecule has 3 heteroatoms. The van der Waals surface area contributed by atoms with Crippen LogP contribution in [-0.2, 0) is 27.1 Å². The Morgan fingerprint density at radius 3 is 2.78 bits per heavy atom. The van der Waals surface area contributed by atoms with Crippen molar-refractivity contribution in [1.82, 2.24) is 0 Å². The number of rotatable bonds is 3. The van der Waals surface area contributed by atoms with E-state index in [1.807, 2.05) is 12.1 Å². The minimum absolute atomic E-state index is 0.357. The summed E-state index contributed by atoms with van der Waals surface area (Å²) >= 11 is 0. The molecule has 1 aromatic carbocycles. The highest BCUT2D eigenvalue weighted by Gasteiger charge is 2.24. The molecule has 2 rings (SSSR count). The Hall–Kier alpha value is -1.77. The largest absolute Gasteiger partial charge is 0.503 e. The lowest BCUT2D eigenvalue weighted by Crippen LogP contribution is -2.07. The van der Waals surface area contributed by atoms with E-state index >= 15 is 0 Å². The number of fused-ring (bicyclic) bond motifs is 1. The first-order valence-corrected chi connectivity index (χ1v) is 6.09. The maximum absolute atomic E-state index is 11.8. The van der Waals surface area contributed by atoms with Crippen LogP contribution >= 0.6 is 0 Å². The van der Waals surface area contributed by atoms with Crippen LogP contribution in [0.3, 0.4) is 0 Å². The van der Waals surface area contributed by atoms with E-state index in [1.54, 1.807) is 0 Å². The van der Waals surface area contributed by atoms with E-state index in [2.05, 4.69) is 13.0 Å². The first-order chi connectivity index (χ1) is 8.67. The summed E-state index contributed by atoms with van der Waals surface area (Å²) in [6.45, 7) is 2.22. The second-order valence-electron chi connectivity index (χ2n) is 4.72. The van der Waals surface area contributed by atoms with Gasteiger partial charge in [-0.15, -0.1) is 0 Å². The number of esters is 1. The number of carbonyl (C=O) groups excluding carboxylic acids is 1. The number of methoxy groups -OCH3 is 2. The Kier molecular flexibility index (Phi) is 3.70. The third-order valence-corrected chi connectivity index (χ3v) is 3.33. The van der Waals surface area contributed by atoms with Crippen LogP contribution in [0.2, 0.25) is 0 Å². The SMILES string of the molecule is COC=C(C(=O)OC)c1cccc2c1CC(C)C2. The highest BCUT2D eigenvalue weighted by Crippen LogP contribution is 2.32. The van der Waals surface area contributed by atoms with Gasteiger partial charge in [0, 0.05) is 0 Å². The zero-order valence-corrected chi connectivity index (χ0v) is 11.0. The van der Waals surface area contributed by atoms with Gasteiger partial charge in [0.15, 0.2) is 0 Å². The lowest BCUT2D eigenvalue weighted by atomic mass is 9.97. The van der Waals surface area contributed by atoms with Gasteiger partial charge in [-0.3, -0.25) is 0 Å². The van der Waals surface area contributed by atoms with Crippen molar-refractivity contribution in [3.05, 3.63) is 41.2 Å². The van der Waals surface area contributed by atoms with Crippen LogP contribution in [0.25, 0.3) is 5.57 Å². The molecule has 1 aliphatic carbocycles. The Morgan fingerprint density at radius 1 is 1.33 bits per heavy atom. The minimum atomic E-state index is -0.357. The molecule has 0 saturated carbocycles. The quantitative estimate of drug-likeness (QED) is 0.467. The maximum atomic E-state index is 11.8. The smallest absolute Gasteiger partial charge is 0.341 e. The van der Waals surface area contributed by atoms with E-state index in [9.17, 15) is 4.79 Å². The minimum Gasteiger partial charge on any atom is -0.503 e. The molecular formula is C15H18O3. The van der Waals surface area contributed by atoms with E-state index in [4.69, 9.17) is 9.47 Å². The topological polar surface area (TPSA) is 35.5 Å². The van der Waals surface area contributed by atoms with Crippen molar-refractivity contribution in [3.8, 4) is 0 Å². The highest BCUT2D eigenvalue weighted by molar-refractivity contribution is 6.16. The second kappa shape index (κ2) is 5.25. The summed E-state index contributed by atoms with van der Waals surface area (Å²) in [6, 6.07) is 6.07. The van der Waals surface area contributed by atoms with Gasteiger partial charge in [0.25, 0.3) is 0 Å². The summed E-state index contributed by atoms with van der Waals surface area (Å²) in [4.78, 5) is 11.8. The van der Waals surface area contributed by atoms with Gasteiger partial charge in [0.1, 0.15) is 5.57 Å². The van der Waals surface area contributed by atoms with Crippen LogP contribution in [0.4, 0.5) is 0 Å². The average Bonchev–Trinajstić information content (AvgIpc) is 2.75. The van der Waals surface area contributed by atoms with Crippen LogP contribution in [-0.4, -0.2) is 20.2 Å². The lowest BCUT2D eigenvalue weighted by molar-refractivity contribution is -0.133. The van der Waals surface area contributed by atoms with Gasteiger partial charge in [-0.25, -0.2) is 4.79 Å². The van der Waals surface area contributed by atoms with Crippen LogP contribution in [0.15, 0.2) is 24.5 Å². The zero-order valence-electron chi connectivity index (χ0n) is 11.0. The van der Waals surface area contributed by atoms with E-state index in [0.717, 1.165) is 18.4 Å². The normalized spacial score (nSPS) is 18.4. The predicted molar refractivity (Wildman–Crippen MR) is 70.0 cm³/mol. The molecule has 0 aliphatic heterocycles. The molecule has 0 N–H and O–H groups in total. The van der Waals surface area contributed by atoms with Gasteiger partial charge in [-0.05, 0) is 35.4 Å². The van der Waals surface area contributed by atoms with Crippen molar-refractivity contribution >= 4 is 11.5 Å². The summed E-state index contributed by atoms with van der Waals surface area (Å²) in [6.07, 6.45) is 3.54. The molecule has 1 aromatic rings. The first kappa shape index (κ1) is 12.7. The Bertz CT molecular complexity index is 489. The van der Waals surface area contributed by atoms with Crippen molar-refractivity contribution in [2.24, 2.45) is 5.92 Å². The summed E-state index contributed by atoms with van der Waals surface area (Å²) in [7, 11) is 2.92. The van der Waals surface area contributed by atoms with Gasteiger partial charge in [-0.2, -0.15) is 0 Å². The number of hydrogen-bond donors (Lipinski definition) is 0. The fourth-order valence-electron chi connectivity index (χ4n) is 2.56. The van der Waals surface area contributed by atoms with Gasteiger partial charge >= 0.3 is 5.97 Å². The van der Waals surface area contributed by atoms with Crippen LogP contribution in [0.1, 0.15) is 23.6 Å². The number of ether oxygens (including phenoxy) is 2. The molecule has 1 aliphatic rings. The van der Waals surface area contributed by atoms with Crippen LogP contribution < -0.4 is 0 Å². The van der Waals surface area contributed by atoms with Crippen molar-refractivity contribution in [3.63, 3.8) is 0 Å². The summed E-state index contributed by atoms with van der Waals surface area (Å²) < 4.78 is 9.82. The first-order valence-electron chi connectivity index (χ1n) is 6.09. The number of carbonyl (C=O) groups is 1. The van der Waals surface area contributed by atoms with Crippen LogP contribution in [0, 0.1) is 5.92 Å². The Morgan fingerprint density at radius 2 is 2.11 bits per heavy atom. The summed E-state index contributed by atoms with van der Waals surface area (Å²) in [5, 5.41) is 0. The fourth-order valence-corrected chi connectivity index (χ4v) is 2.56. The maximum Gasteiger partial charge on any atom is 0.341 e. The molecule has 0 saturated heterocycles. The highest BCUT2D eigenvalue weighted by atomic mass is 16.5. The fraction of sp³-hybridized carbons (Fsp3) is 0.400. The molecule has 0 bridgehead atoms. The van der Waals surface area contributed by atoms with Gasteiger partial charge in [0.05, 0.1) is 20.5 Å². The molecule has 0 spiro atoms. The van der Waals surface area contributed by atoms with Gasteiger partial charge < -0.3 is 9.47 Å². The third-order valence-electron chi connectivity index (χ3n) is 3.33. The molecule has 3 nitrogen and oxygen atoms in total. The van der Waals surface area contributed by atoms with E-state index in [-0.39, 0.29) is 5.97 Å². The summed E-state index contributed by atoms with van der Waals surface area (Å²) in [5.74, 6) is 0.271. The predicted octanol–water partition coefficient (Wildman–Crippen LogP) is 2.58. The molecule has 1 unspecified atom stereocenters. The van der Waals surface area contributed by atoms with E-state index in [0.29, 0.717) is 11.5 Å². The lowest BCUT2D eigenvalue weighted by Gasteiger charge is -2.10. The van der Waals surface area contributed by atoms with Gasteiger partial charge in [0.2, 0.25) is 0 Å². The standard InChI is InChI=1S/C15H18O3/c1-10-7-11-5-4-6-12(13(11)8-10)14(9-17-2)15(16)18-3/h4-6,9-10H,7-8H2,1-3H3. The van der Waals surface area contributed by atoms with Crippen molar-refractivity contribution in [1.29, 1.82) is 0 Å². The molecule has 0 heterocycles. The third kappa shape index (κ3) is 2.26. The molecular weight excluding hydrogens is 228 g/mol. The van der Waals surface area contributed by atoms with Crippen molar-refractivity contribution < 1.29 is 14.3 Å². The number of benzene rings is 1. The second-order valence-corrected chi connectivity index (χ2v) is 4.72. The molecule has 96 valence electrons. The van der Waals surface area contributed by atoms with Gasteiger partial charge in [-0.1, -0.05) is 25.1 Å². The van der Waals surface area contributed by atoms with E-state index in [1.165, 1.54) is 31.6 Å². The van der Waals surface area contributed by atoms with Crippen molar-refractivity contribution in [2.45, 2.75) is 19.8 Å². The van der Waals surface area contributed by atoms with Crippen LogP contribution in [0.5, 0.6) is 0 Å². The zero-order chi connectivity index (χ0) is 13.1. The average molecular weight is 246 g/mol. The Labute approximate surface area is 107 Å². The molecule has 0 radical (unpaired) electrons. The molecule has 0 amide bonds. The Balaban J connectivity index is 2.48. The molecule has 18 heavy (non-hydrogen) atoms. The number of hydrogen-bond acceptors (Lipinski definition) is 3. The molecule has 0 fully saturated rings. The monoisotopic (exact) mass is 246 g/mol. The molecule has 0 aromatic heterocycles. The molecule has 1 atom stereocenters. The summed E-state index contributed by atoms with van der Waals surface area (Å²) in [5.41, 5.74) is 4.00. The van der Waals surface area contributed by atoms with E-state index < -0.39 is 0 Å².